The molecule has 10 heteroatoms. The second-order valence-electron chi connectivity index (χ2n) is 7.61. The Balaban J connectivity index is 2.14. The zero-order valence-corrected chi connectivity index (χ0v) is 13.9. The van der Waals surface area contributed by atoms with E-state index in [-0.39, 0.29) is 12.1 Å². The molecule has 0 radical (unpaired) electrons. The highest BCUT2D eigenvalue weighted by atomic mass is 19.3. The van der Waals surface area contributed by atoms with Gasteiger partial charge in [0.25, 0.3) is 5.92 Å². The van der Waals surface area contributed by atoms with Crippen molar-refractivity contribution in [1.82, 2.24) is 0 Å². The van der Waals surface area contributed by atoms with Gasteiger partial charge in [-0.15, -0.1) is 0 Å². The third kappa shape index (κ3) is 2.21. The molecule has 1 nitrogen and oxygen atoms in total. The monoisotopic (exact) mass is 406 g/mol. The molecule has 3 saturated carbocycles. The van der Waals surface area contributed by atoms with E-state index in [0.29, 0.717) is 0 Å². The lowest BCUT2D eigenvalue weighted by atomic mass is 9.49. The number of hydrogen-bond donors (Lipinski definition) is 1. The van der Waals surface area contributed by atoms with Gasteiger partial charge in [-0.2, -0.15) is 22.0 Å². The molecule has 4 rings (SSSR count). The normalized spacial score (nSPS) is 33.3. The zero-order valence-electron chi connectivity index (χ0n) is 13.9. The van der Waals surface area contributed by atoms with Crippen LogP contribution in [0.1, 0.15) is 38.2 Å². The highest BCUT2D eigenvalue weighted by Crippen LogP contribution is 2.71. The number of phenols is 1. The van der Waals surface area contributed by atoms with Crippen molar-refractivity contribution >= 4 is 0 Å². The number of benzene rings is 1. The summed E-state index contributed by atoms with van der Waals surface area (Å²) in [6.45, 7) is 1.01. The van der Waals surface area contributed by atoms with E-state index in [1.165, 1.54) is 0 Å². The molecule has 27 heavy (non-hydrogen) atoms. The number of fused-ring (bicyclic) bond motifs is 3. The van der Waals surface area contributed by atoms with Gasteiger partial charge in [0.05, 0.1) is 11.0 Å². The van der Waals surface area contributed by atoms with E-state index in [9.17, 15) is 39.5 Å². The first kappa shape index (κ1) is 20.1. The summed E-state index contributed by atoms with van der Waals surface area (Å²) in [6.07, 6.45) is -6.71. The van der Waals surface area contributed by atoms with Crippen LogP contribution in [-0.2, 0) is 5.92 Å². The molecule has 0 aliphatic heterocycles. The smallest absolute Gasteiger partial charge is 0.338 e. The first-order valence-electron chi connectivity index (χ1n) is 8.11. The van der Waals surface area contributed by atoms with E-state index in [0.717, 1.165) is 6.92 Å². The summed E-state index contributed by atoms with van der Waals surface area (Å²) in [5, 5.41) is 8.98. The first-order chi connectivity index (χ1) is 12.2. The maximum Gasteiger partial charge on any atom is 0.338 e. The largest absolute Gasteiger partial charge is 0.505 e. The van der Waals surface area contributed by atoms with E-state index in [2.05, 4.69) is 0 Å². The molecule has 3 aliphatic carbocycles. The molecule has 152 valence electrons. The van der Waals surface area contributed by atoms with Gasteiger partial charge < -0.3 is 5.11 Å². The van der Waals surface area contributed by atoms with Crippen LogP contribution in [0.2, 0.25) is 0 Å². The summed E-state index contributed by atoms with van der Waals surface area (Å²) in [5.74, 6) is -21.2. The van der Waals surface area contributed by atoms with Crippen molar-refractivity contribution in [3.05, 3.63) is 29.3 Å². The number of hydrogen-bond acceptors (Lipinski definition) is 1. The SMILES string of the molecule is CC12CCC(C(F)(F)C(F)(F)c3ccc(O)c(F)c3F)(CC1)C(F)C2(F)F. The van der Waals surface area contributed by atoms with Crippen LogP contribution in [-0.4, -0.2) is 23.1 Å². The summed E-state index contributed by atoms with van der Waals surface area (Å²) in [5.41, 5.74) is -7.50. The van der Waals surface area contributed by atoms with Gasteiger partial charge in [0.2, 0.25) is 5.82 Å². The van der Waals surface area contributed by atoms with Gasteiger partial charge >= 0.3 is 11.8 Å². The van der Waals surface area contributed by atoms with Crippen LogP contribution in [0.4, 0.5) is 39.5 Å². The Kier molecular flexibility index (Phi) is 4.08. The number of rotatable bonds is 3. The quantitative estimate of drug-likeness (QED) is 0.615. The molecule has 0 spiro atoms. The molecule has 0 heterocycles. The maximum atomic E-state index is 14.9. The lowest BCUT2D eigenvalue weighted by molar-refractivity contribution is -0.359. The molecule has 1 unspecified atom stereocenters. The second-order valence-corrected chi connectivity index (χ2v) is 7.61. The predicted molar refractivity (Wildman–Crippen MR) is 75.7 cm³/mol. The zero-order chi connectivity index (χ0) is 20.6. The molecule has 0 saturated heterocycles. The van der Waals surface area contributed by atoms with Crippen LogP contribution in [0.15, 0.2) is 12.1 Å². The van der Waals surface area contributed by atoms with Crippen molar-refractivity contribution in [2.45, 2.75) is 56.5 Å². The Morgan fingerprint density at radius 1 is 0.963 bits per heavy atom. The third-order valence-electron chi connectivity index (χ3n) is 6.27. The Morgan fingerprint density at radius 2 is 1.48 bits per heavy atom. The van der Waals surface area contributed by atoms with Crippen molar-refractivity contribution in [2.24, 2.45) is 10.8 Å². The molecular formula is C17H15F9O. The minimum absolute atomic E-state index is 0.0272. The third-order valence-corrected chi connectivity index (χ3v) is 6.27. The molecule has 3 aliphatic rings. The highest BCUT2D eigenvalue weighted by Gasteiger charge is 2.81. The van der Waals surface area contributed by atoms with Crippen LogP contribution in [0.5, 0.6) is 5.75 Å². The Labute approximate surface area is 148 Å². The van der Waals surface area contributed by atoms with E-state index in [1.807, 2.05) is 0 Å². The minimum Gasteiger partial charge on any atom is -0.505 e. The van der Waals surface area contributed by atoms with Crippen molar-refractivity contribution in [2.75, 3.05) is 0 Å². The van der Waals surface area contributed by atoms with Crippen LogP contribution in [0.3, 0.4) is 0 Å². The van der Waals surface area contributed by atoms with Gasteiger partial charge in [-0.3, -0.25) is 0 Å². The molecule has 1 N–H and O–H groups in total. The minimum atomic E-state index is -5.49. The van der Waals surface area contributed by atoms with E-state index >= 15 is 0 Å². The molecule has 1 aromatic rings. The van der Waals surface area contributed by atoms with Crippen LogP contribution >= 0.6 is 0 Å². The number of halogens is 9. The number of alkyl halides is 7. The summed E-state index contributed by atoms with van der Waals surface area (Å²) in [6, 6.07) is 0.259. The molecule has 1 aromatic carbocycles. The van der Waals surface area contributed by atoms with E-state index in [4.69, 9.17) is 5.11 Å². The predicted octanol–water partition coefficient (Wildman–Crippen LogP) is 5.95. The van der Waals surface area contributed by atoms with Gasteiger partial charge in [-0.25, -0.2) is 17.6 Å². The van der Waals surface area contributed by atoms with Gasteiger partial charge in [0.1, 0.15) is 0 Å². The van der Waals surface area contributed by atoms with E-state index in [1.54, 1.807) is 0 Å². The fourth-order valence-electron chi connectivity index (χ4n) is 4.22. The average molecular weight is 406 g/mol. The lowest BCUT2D eigenvalue weighted by Crippen LogP contribution is -2.70. The lowest BCUT2D eigenvalue weighted by Gasteiger charge is -2.60. The van der Waals surface area contributed by atoms with Crippen LogP contribution in [0.25, 0.3) is 0 Å². The Bertz CT molecular complexity index is 766. The molecule has 2 bridgehead atoms. The van der Waals surface area contributed by atoms with Crippen molar-refractivity contribution in [1.29, 1.82) is 0 Å². The van der Waals surface area contributed by atoms with Gasteiger partial charge in [0.15, 0.2) is 17.7 Å². The second kappa shape index (κ2) is 5.47. The summed E-state index contributed by atoms with van der Waals surface area (Å²) in [7, 11) is 0. The maximum absolute atomic E-state index is 14.9. The van der Waals surface area contributed by atoms with Gasteiger partial charge in [-0.05, 0) is 37.8 Å². The molecular weight excluding hydrogens is 391 g/mol. The van der Waals surface area contributed by atoms with Crippen molar-refractivity contribution in [3.63, 3.8) is 0 Å². The Hall–Kier alpha value is -1.61. The Morgan fingerprint density at radius 3 is 2.00 bits per heavy atom. The molecule has 3 fully saturated rings. The first-order valence-corrected chi connectivity index (χ1v) is 8.11. The molecule has 0 amide bonds. The number of phenolic OH excluding ortho intramolecular Hbond substituents is 1. The topological polar surface area (TPSA) is 20.2 Å². The summed E-state index contributed by atoms with van der Waals surface area (Å²) in [4.78, 5) is 0. The molecule has 1 atom stereocenters. The van der Waals surface area contributed by atoms with Crippen molar-refractivity contribution < 1.29 is 44.6 Å². The number of aromatic hydroxyl groups is 1. The van der Waals surface area contributed by atoms with Gasteiger partial charge in [-0.1, -0.05) is 6.92 Å². The fourth-order valence-corrected chi connectivity index (χ4v) is 4.22. The summed E-state index contributed by atoms with van der Waals surface area (Å²) < 4.78 is 129. The molecule has 0 aromatic heterocycles. The average Bonchev–Trinajstić information content (AvgIpc) is 2.58. The highest BCUT2D eigenvalue weighted by molar-refractivity contribution is 5.35. The van der Waals surface area contributed by atoms with Crippen LogP contribution in [0, 0.1) is 22.5 Å². The summed E-state index contributed by atoms with van der Waals surface area (Å²) >= 11 is 0. The van der Waals surface area contributed by atoms with Crippen LogP contribution < -0.4 is 0 Å². The van der Waals surface area contributed by atoms with Crippen molar-refractivity contribution in [3.8, 4) is 5.75 Å². The van der Waals surface area contributed by atoms with Gasteiger partial charge in [0, 0.05) is 5.41 Å². The standard InChI is InChI=1S/C17H15F9O/c1-13-4-6-14(7-5-13,12(20)16(13,23)24)17(25,26)15(21,22)8-2-3-9(27)11(19)10(8)18/h2-3,12,27H,4-7H2,1H3. The van der Waals surface area contributed by atoms with E-state index < -0.39 is 83.4 Å². The fraction of sp³-hybridized carbons (Fsp3) is 0.647.